The maximum Gasteiger partial charge on any atom is 0.356 e. The van der Waals surface area contributed by atoms with Crippen LogP contribution in [0.15, 0.2) is 25.0 Å². The summed E-state index contributed by atoms with van der Waals surface area (Å²) in [5.74, 6) is 0.0791. The summed E-state index contributed by atoms with van der Waals surface area (Å²) in [5, 5.41) is 11.3. The Kier molecular flexibility index (Phi) is 5.86. The fourth-order valence-electron chi connectivity index (χ4n) is 1.05. The zero-order valence-corrected chi connectivity index (χ0v) is 10.4. The van der Waals surface area contributed by atoms with Crippen LogP contribution in [0.25, 0.3) is 0 Å². The number of aromatic carboxylic acids is 1. The zero-order valence-electron chi connectivity index (χ0n) is 9.63. The predicted octanol–water partition coefficient (Wildman–Crippen LogP) is 0.824. The molecule has 0 atom stereocenters. The molecule has 2 N–H and O–H groups in total. The number of amides is 1. The van der Waals surface area contributed by atoms with Gasteiger partial charge in [-0.2, -0.15) is 11.8 Å². The molecule has 18 heavy (non-hydrogen) atoms. The molecule has 0 aliphatic carbocycles. The van der Waals surface area contributed by atoms with E-state index >= 15 is 0 Å². The number of nitrogens with one attached hydrogen (secondary N) is 1. The lowest BCUT2D eigenvalue weighted by Crippen LogP contribution is -2.27. The van der Waals surface area contributed by atoms with Crippen LogP contribution in [0.3, 0.4) is 0 Å². The van der Waals surface area contributed by atoms with Crippen LogP contribution in [0.2, 0.25) is 0 Å². The van der Waals surface area contributed by atoms with Crippen molar-refractivity contribution < 1.29 is 14.7 Å². The van der Waals surface area contributed by atoms with Gasteiger partial charge in [0.1, 0.15) is 5.69 Å². The highest BCUT2D eigenvalue weighted by molar-refractivity contribution is 7.99. The maximum absolute atomic E-state index is 11.6. The maximum atomic E-state index is 11.6. The standard InChI is InChI=1S/C11H13N3O3S/c1-2-4-18-5-3-12-10(15)8-6-14-9(7-13-8)11(16)17/h2,6-7H,1,3-5H2,(H,12,15)(H,16,17). The third kappa shape index (κ3) is 4.54. The summed E-state index contributed by atoms with van der Waals surface area (Å²) in [5.41, 5.74) is -0.0817. The van der Waals surface area contributed by atoms with Crippen LogP contribution >= 0.6 is 11.8 Å². The topological polar surface area (TPSA) is 92.2 Å². The van der Waals surface area contributed by atoms with Crippen LogP contribution in [-0.4, -0.2) is 45.0 Å². The van der Waals surface area contributed by atoms with Crippen molar-refractivity contribution in [3.8, 4) is 0 Å². The van der Waals surface area contributed by atoms with Crippen molar-refractivity contribution in [1.82, 2.24) is 15.3 Å². The number of hydrogen-bond donors (Lipinski definition) is 2. The molecule has 1 aromatic heterocycles. The van der Waals surface area contributed by atoms with Crippen molar-refractivity contribution in [2.75, 3.05) is 18.1 Å². The van der Waals surface area contributed by atoms with Gasteiger partial charge in [-0.15, -0.1) is 6.58 Å². The minimum absolute atomic E-state index is 0.105. The summed E-state index contributed by atoms with van der Waals surface area (Å²) in [6, 6.07) is 0. The molecule has 0 aromatic carbocycles. The molecule has 1 rings (SSSR count). The van der Waals surface area contributed by atoms with E-state index in [1.807, 2.05) is 0 Å². The number of carbonyl (C=O) groups excluding carboxylic acids is 1. The third-order valence-corrected chi connectivity index (χ3v) is 2.84. The molecule has 0 saturated carbocycles. The Hall–Kier alpha value is -1.89. The van der Waals surface area contributed by atoms with Gasteiger partial charge in [-0.05, 0) is 0 Å². The number of hydrogen-bond acceptors (Lipinski definition) is 5. The van der Waals surface area contributed by atoms with Gasteiger partial charge in [-0.1, -0.05) is 6.08 Å². The fraction of sp³-hybridized carbons (Fsp3) is 0.273. The molecule has 0 aliphatic heterocycles. The molecule has 0 saturated heterocycles. The molecule has 0 aliphatic rings. The Morgan fingerprint density at radius 3 is 2.61 bits per heavy atom. The summed E-state index contributed by atoms with van der Waals surface area (Å²) in [4.78, 5) is 29.5. The fourth-order valence-corrected chi connectivity index (χ4v) is 1.63. The Bertz CT molecular complexity index is 434. The van der Waals surface area contributed by atoms with E-state index in [0.29, 0.717) is 6.54 Å². The van der Waals surface area contributed by atoms with Crippen LogP contribution in [-0.2, 0) is 0 Å². The molecule has 1 amide bonds. The van der Waals surface area contributed by atoms with E-state index in [0.717, 1.165) is 23.9 Å². The SMILES string of the molecule is C=CCSCCNC(=O)c1cnc(C(=O)O)cn1. The Balaban J connectivity index is 2.41. The van der Waals surface area contributed by atoms with E-state index in [1.54, 1.807) is 17.8 Å². The van der Waals surface area contributed by atoms with E-state index in [4.69, 9.17) is 5.11 Å². The number of carbonyl (C=O) groups is 2. The first-order valence-corrected chi connectivity index (χ1v) is 6.32. The molecule has 1 aromatic rings. The van der Waals surface area contributed by atoms with E-state index in [9.17, 15) is 9.59 Å². The summed E-state index contributed by atoms with van der Waals surface area (Å²) >= 11 is 1.65. The zero-order chi connectivity index (χ0) is 13.4. The number of aromatic nitrogens is 2. The van der Waals surface area contributed by atoms with Crippen molar-refractivity contribution in [1.29, 1.82) is 0 Å². The smallest absolute Gasteiger partial charge is 0.356 e. The summed E-state index contributed by atoms with van der Waals surface area (Å²) in [7, 11) is 0. The van der Waals surface area contributed by atoms with Gasteiger partial charge < -0.3 is 10.4 Å². The van der Waals surface area contributed by atoms with E-state index in [1.165, 1.54) is 0 Å². The first kappa shape index (κ1) is 14.2. The van der Waals surface area contributed by atoms with Crippen LogP contribution in [0, 0.1) is 0 Å². The van der Waals surface area contributed by atoms with Crippen LogP contribution in [0.5, 0.6) is 0 Å². The summed E-state index contributed by atoms with van der Waals surface area (Å²) in [6.07, 6.45) is 4.00. The number of nitrogens with zero attached hydrogens (tertiary/aromatic N) is 2. The van der Waals surface area contributed by atoms with Crippen molar-refractivity contribution >= 4 is 23.6 Å². The highest BCUT2D eigenvalue weighted by Gasteiger charge is 2.09. The number of carboxylic acid groups (broad SMARTS) is 1. The van der Waals surface area contributed by atoms with Gasteiger partial charge in [0.05, 0.1) is 12.4 Å². The predicted molar refractivity (Wildman–Crippen MR) is 68.8 cm³/mol. The van der Waals surface area contributed by atoms with E-state index in [2.05, 4.69) is 21.9 Å². The lowest BCUT2D eigenvalue weighted by atomic mass is 10.4. The Morgan fingerprint density at radius 1 is 1.39 bits per heavy atom. The second-order valence-electron chi connectivity index (χ2n) is 3.21. The van der Waals surface area contributed by atoms with Crippen LogP contribution in [0.4, 0.5) is 0 Å². The molecule has 1 heterocycles. The number of rotatable bonds is 7. The van der Waals surface area contributed by atoms with Gasteiger partial charge in [0, 0.05) is 18.1 Å². The number of carboxylic acids is 1. The molecule has 0 spiro atoms. The minimum Gasteiger partial charge on any atom is -0.476 e. The van der Waals surface area contributed by atoms with Gasteiger partial charge in [0.25, 0.3) is 5.91 Å². The Labute approximate surface area is 109 Å². The highest BCUT2D eigenvalue weighted by atomic mass is 32.2. The highest BCUT2D eigenvalue weighted by Crippen LogP contribution is 1.99. The van der Waals surface area contributed by atoms with Crippen molar-refractivity contribution in [3.63, 3.8) is 0 Å². The first-order valence-electron chi connectivity index (χ1n) is 5.17. The monoisotopic (exact) mass is 267 g/mol. The van der Waals surface area contributed by atoms with E-state index < -0.39 is 5.97 Å². The lowest BCUT2D eigenvalue weighted by Gasteiger charge is -2.03. The Morgan fingerprint density at radius 2 is 2.06 bits per heavy atom. The van der Waals surface area contributed by atoms with Gasteiger partial charge >= 0.3 is 5.97 Å². The van der Waals surface area contributed by atoms with Crippen LogP contribution in [0.1, 0.15) is 21.0 Å². The second kappa shape index (κ2) is 7.44. The molecular weight excluding hydrogens is 254 g/mol. The molecule has 96 valence electrons. The van der Waals surface area contributed by atoms with Crippen LogP contribution < -0.4 is 5.32 Å². The molecule has 0 bridgehead atoms. The summed E-state index contributed by atoms with van der Waals surface area (Å²) < 4.78 is 0. The van der Waals surface area contributed by atoms with Crippen molar-refractivity contribution in [2.24, 2.45) is 0 Å². The second-order valence-corrected chi connectivity index (χ2v) is 4.36. The lowest BCUT2D eigenvalue weighted by molar-refractivity contribution is 0.0689. The van der Waals surface area contributed by atoms with Crippen molar-refractivity contribution in [3.05, 3.63) is 36.4 Å². The molecule has 6 nitrogen and oxygen atoms in total. The number of thioether (sulfide) groups is 1. The van der Waals surface area contributed by atoms with Crippen molar-refractivity contribution in [2.45, 2.75) is 0 Å². The molecule has 0 unspecified atom stereocenters. The summed E-state index contributed by atoms with van der Waals surface area (Å²) in [6.45, 7) is 4.10. The molecule has 0 fully saturated rings. The minimum atomic E-state index is -1.17. The molecule has 0 radical (unpaired) electrons. The van der Waals surface area contributed by atoms with Gasteiger partial charge in [0.2, 0.25) is 0 Å². The van der Waals surface area contributed by atoms with Gasteiger partial charge in [-0.3, -0.25) is 4.79 Å². The normalized spacial score (nSPS) is 9.78. The molecule has 7 heteroatoms. The molecular formula is C11H13N3O3S. The quantitative estimate of drug-likeness (QED) is 0.561. The first-order chi connectivity index (χ1) is 8.65. The largest absolute Gasteiger partial charge is 0.476 e. The van der Waals surface area contributed by atoms with Gasteiger partial charge in [-0.25, -0.2) is 14.8 Å². The van der Waals surface area contributed by atoms with E-state index in [-0.39, 0.29) is 17.3 Å². The third-order valence-electron chi connectivity index (χ3n) is 1.87. The average molecular weight is 267 g/mol. The van der Waals surface area contributed by atoms with Gasteiger partial charge in [0.15, 0.2) is 5.69 Å². The average Bonchev–Trinajstić information content (AvgIpc) is 2.38.